The minimum atomic E-state index is -2.99. The van der Waals surface area contributed by atoms with E-state index in [4.69, 9.17) is 0 Å². The summed E-state index contributed by atoms with van der Waals surface area (Å²) in [6.07, 6.45) is 4.92. The van der Waals surface area contributed by atoms with Gasteiger partial charge in [0, 0.05) is 25.2 Å². The minimum Gasteiger partial charge on any atom is -0.355 e. The summed E-state index contributed by atoms with van der Waals surface area (Å²) in [6.45, 7) is 1.08. The van der Waals surface area contributed by atoms with E-state index in [1.165, 1.54) is 17.3 Å². The molecule has 4 heterocycles. The van der Waals surface area contributed by atoms with E-state index >= 15 is 0 Å². The van der Waals surface area contributed by atoms with Crippen molar-refractivity contribution in [3.8, 4) is 5.82 Å². The molecule has 1 N–H and O–H groups in total. The number of nitrogens with zero attached hydrogens (tertiary/aromatic N) is 6. The monoisotopic (exact) mass is 363 g/mol. The van der Waals surface area contributed by atoms with Gasteiger partial charge in [-0.15, -0.1) is 0 Å². The predicted octanol–water partition coefficient (Wildman–Crippen LogP) is -1.20. The molecule has 2 aliphatic rings. The molecule has 11 heteroatoms. The van der Waals surface area contributed by atoms with Gasteiger partial charge in [0.05, 0.1) is 17.4 Å². The Balaban J connectivity index is 1.34. The standard InChI is InChI=1S/C14H17N7O3S/c22-14(19-11-1-2-25(23,24)6-11)10-4-20(5-10)12-3-13(17-8-16-12)21-9-15-7-18-21/h3,7-11H,1-2,4-6H2,(H,19,22). The predicted molar refractivity (Wildman–Crippen MR) is 87.9 cm³/mol. The number of nitrogens with one attached hydrogen (secondary N) is 1. The van der Waals surface area contributed by atoms with Crippen molar-refractivity contribution in [1.29, 1.82) is 0 Å². The molecule has 2 aliphatic heterocycles. The summed E-state index contributed by atoms with van der Waals surface area (Å²) in [7, 11) is -2.99. The molecule has 0 bridgehead atoms. The first-order valence-corrected chi connectivity index (χ1v) is 9.75. The average molecular weight is 363 g/mol. The highest BCUT2D eigenvalue weighted by molar-refractivity contribution is 7.91. The maximum Gasteiger partial charge on any atom is 0.226 e. The van der Waals surface area contributed by atoms with Crippen LogP contribution in [-0.4, -0.2) is 69.7 Å². The number of hydrogen-bond acceptors (Lipinski definition) is 8. The van der Waals surface area contributed by atoms with Gasteiger partial charge in [-0.2, -0.15) is 5.10 Å². The second-order valence-electron chi connectivity index (χ2n) is 6.28. The molecule has 1 atom stereocenters. The number of carbonyl (C=O) groups excluding carboxylic acids is 1. The Labute approximate surface area is 144 Å². The number of hydrogen-bond donors (Lipinski definition) is 1. The second kappa shape index (κ2) is 6.06. The molecule has 2 aromatic rings. The van der Waals surface area contributed by atoms with Gasteiger partial charge in [0.15, 0.2) is 15.7 Å². The smallest absolute Gasteiger partial charge is 0.226 e. The molecule has 0 spiro atoms. The van der Waals surface area contributed by atoms with Crippen LogP contribution in [0.25, 0.3) is 5.82 Å². The Morgan fingerprint density at radius 1 is 1.20 bits per heavy atom. The number of aromatic nitrogens is 5. The van der Waals surface area contributed by atoms with Gasteiger partial charge in [0.2, 0.25) is 5.91 Å². The van der Waals surface area contributed by atoms with Gasteiger partial charge in [0.1, 0.15) is 24.8 Å². The second-order valence-corrected chi connectivity index (χ2v) is 8.51. The van der Waals surface area contributed by atoms with Crippen molar-refractivity contribution in [3.63, 3.8) is 0 Å². The zero-order chi connectivity index (χ0) is 17.4. The van der Waals surface area contributed by atoms with Crippen molar-refractivity contribution in [2.75, 3.05) is 29.5 Å². The lowest BCUT2D eigenvalue weighted by atomic mass is 9.98. The lowest BCUT2D eigenvalue weighted by molar-refractivity contribution is -0.126. The first-order valence-electron chi connectivity index (χ1n) is 7.93. The molecule has 1 unspecified atom stereocenters. The van der Waals surface area contributed by atoms with Crippen molar-refractivity contribution in [2.24, 2.45) is 5.92 Å². The number of anilines is 1. The van der Waals surface area contributed by atoms with Gasteiger partial charge >= 0.3 is 0 Å². The van der Waals surface area contributed by atoms with Crippen LogP contribution in [0.1, 0.15) is 6.42 Å². The van der Waals surface area contributed by atoms with E-state index in [9.17, 15) is 13.2 Å². The molecular formula is C14H17N7O3S. The Hall–Kier alpha value is -2.56. The van der Waals surface area contributed by atoms with Crippen LogP contribution < -0.4 is 10.2 Å². The van der Waals surface area contributed by atoms with Crippen molar-refractivity contribution >= 4 is 21.6 Å². The summed E-state index contributed by atoms with van der Waals surface area (Å²) < 4.78 is 24.5. The third-order valence-corrected chi connectivity index (χ3v) is 6.21. The van der Waals surface area contributed by atoms with E-state index in [1.54, 1.807) is 12.4 Å². The van der Waals surface area contributed by atoms with Gasteiger partial charge in [0.25, 0.3) is 0 Å². The summed E-state index contributed by atoms with van der Waals surface area (Å²) in [5.41, 5.74) is 0. The minimum absolute atomic E-state index is 0.0440. The Bertz CT molecular complexity index is 878. The van der Waals surface area contributed by atoms with Gasteiger partial charge < -0.3 is 10.2 Å². The van der Waals surface area contributed by atoms with Crippen LogP contribution in [0.4, 0.5) is 5.82 Å². The first kappa shape index (κ1) is 15.9. The number of sulfone groups is 1. The Morgan fingerprint density at radius 2 is 2.00 bits per heavy atom. The molecule has 10 nitrogen and oxygen atoms in total. The van der Waals surface area contributed by atoms with Crippen LogP contribution in [-0.2, 0) is 14.6 Å². The van der Waals surface area contributed by atoms with E-state index < -0.39 is 9.84 Å². The van der Waals surface area contributed by atoms with Crippen LogP contribution in [0.5, 0.6) is 0 Å². The quantitative estimate of drug-likeness (QED) is 0.718. The lowest BCUT2D eigenvalue weighted by Gasteiger charge is -2.39. The molecule has 0 aliphatic carbocycles. The zero-order valence-corrected chi connectivity index (χ0v) is 14.1. The highest BCUT2D eigenvalue weighted by atomic mass is 32.2. The van der Waals surface area contributed by atoms with E-state index in [-0.39, 0.29) is 29.4 Å². The van der Waals surface area contributed by atoms with Crippen molar-refractivity contribution in [2.45, 2.75) is 12.5 Å². The number of rotatable bonds is 4. The van der Waals surface area contributed by atoms with Crippen molar-refractivity contribution < 1.29 is 13.2 Å². The fourth-order valence-corrected chi connectivity index (χ4v) is 4.69. The van der Waals surface area contributed by atoms with Crippen molar-refractivity contribution in [3.05, 3.63) is 25.0 Å². The van der Waals surface area contributed by atoms with E-state index in [2.05, 4.69) is 25.4 Å². The maximum atomic E-state index is 12.2. The van der Waals surface area contributed by atoms with E-state index in [0.29, 0.717) is 31.1 Å². The van der Waals surface area contributed by atoms with Crippen LogP contribution >= 0.6 is 0 Å². The molecule has 0 radical (unpaired) electrons. The molecule has 0 saturated carbocycles. The normalized spacial score (nSPS) is 22.6. The Kier molecular flexibility index (Phi) is 3.86. The maximum absolute atomic E-state index is 12.2. The summed E-state index contributed by atoms with van der Waals surface area (Å²) in [5.74, 6) is 1.26. The molecule has 25 heavy (non-hydrogen) atoms. The zero-order valence-electron chi connectivity index (χ0n) is 13.3. The van der Waals surface area contributed by atoms with Gasteiger partial charge in [-0.05, 0) is 6.42 Å². The highest BCUT2D eigenvalue weighted by Gasteiger charge is 2.36. The van der Waals surface area contributed by atoms with Crippen LogP contribution in [0, 0.1) is 5.92 Å². The van der Waals surface area contributed by atoms with E-state index in [1.807, 2.05) is 4.90 Å². The summed E-state index contributed by atoms with van der Waals surface area (Å²) in [6, 6.07) is 1.52. The largest absolute Gasteiger partial charge is 0.355 e. The number of carbonyl (C=O) groups is 1. The molecular weight excluding hydrogens is 346 g/mol. The average Bonchev–Trinajstić information content (AvgIpc) is 3.16. The molecule has 132 valence electrons. The van der Waals surface area contributed by atoms with Crippen molar-refractivity contribution in [1.82, 2.24) is 30.0 Å². The van der Waals surface area contributed by atoms with Gasteiger partial charge in [-0.1, -0.05) is 0 Å². The molecule has 2 fully saturated rings. The third-order valence-electron chi connectivity index (χ3n) is 4.45. The van der Waals surface area contributed by atoms with Crippen LogP contribution in [0.3, 0.4) is 0 Å². The molecule has 4 rings (SSSR count). The van der Waals surface area contributed by atoms with Crippen LogP contribution in [0.2, 0.25) is 0 Å². The number of amides is 1. The molecule has 1 amide bonds. The first-order chi connectivity index (χ1) is 12.0. The Morgan fingerprint density at radius 3 is 2.68 bits per heavy atom. The summed E-state index contributed by atoms with van der Waals surface area (Å²) >= 11 is 0. The molecule has 2 saturated heterocycles. The fraction of sp³-hybridized carbons (Fsp3) is 0.500. The highest BCUT2D eigenvalue weighted by Crippen LogP contribution is 2.24. The molecule has 0 aromatic carbocycles. The molecule has 2 aromatic heterocycles. The summed E-state index contributed by atoms with van der Waals surface area (Å²) in [5, 5.41) is 6.87. The SMILES string of the molecule is O=C(NC1CCS(=O)(=O)C1)C1CN(c2cc(-n3cncn3)ncn2)C1. The third kappa shape index (κ3) is 3.31. The topological polar surface area (TPSA) is 123 Å². The fourth-order valence-electron chi connectivity index (χ4n) is 3.02. The lowest BCUT2D eigenvalue weighted by Crippen LogP contribution is -2.55. The van der Waals surface area contributed by atoms with Crippen LogP contribution in [0.15, 0.2) is 25.0 Å². The van der Waals surface area contributed by atoms with Gasteiger partial charge in [-0.3, -0.25) is 4.79 Å². The van der Waals surface area contributed by atoms with Gasteiger partial charge in [-0.25, -0.2) is 28.1 Å². The summed E-state index contributed by atoms with van der Waals surface area (Å²) in [4.78, 5) is 26.5. The van der Waals surface area contributed by atoms with E-state index in [0.717, 1.165) is 0 Å².